The van der Waals surface area contributed by atoms with Gasteiger partial charge in [-0.15, -0.1) is 0 Å². The summed E-state index contributed by atoms with van der Waals surface area (Å²) in [4.78, 5) is 12.4. The molecular formula is C25H38Cl5N3OS. The summed E-state index contributed by atoms with van der Waals surface area (Å²) in [5, 5.41) is 9.48. The van der Waals surface area contributed by atoms with Gasteiger partial charge in [-0.2, -0.15) is 0 Å². The number of rotatable bonds is 17. The van der Waals surface area contributed by atoms with Gasteiger partial charge in [0.1, 0.15) is 6.17 Å². The van der Waals surface area contributed by atoms with Crippen LogP contribution in [0.2, 0.25) is 10.0 Å². The van der Waals surface area contributed by atoms with Crippen molar-refractivity contribution in [3.63, 3.8) is 0 Å². The van der Waals surface area contributed by atoms with Crippen molar-refractivity contribution in [2.75, 3.05) is 5.32 Å². The molecule has 0 aliphatic rings. The molecule has 0 aliphatic carbocycles. The van der Waals surface area contributed by atoms with E-state index in [-0.39, 0.29) is 11.0 Å². The quantitative estimate of drug-likeness (QED) is 0.0716. The molecule has 1 aromatic rings. The van der Waals surface area contributed by atoms with Crippen molar-refractivity contribution in [3.8, 4) is 0 Å². The number of anilines is 1. The summed E-state index contributed by atoms with van der Waals surface area (Å²) < 4.78 is -1.80. The summed E-state index contributed by atoms with van der Waals surface area (Å²) >= 11 is 35.5. The molecule has 10 heteroatoms. The van der Waals surface area contributed by atoms with E-state index in [0.29, 0.717) is 22.2 Å². The lowest BCUT2D eigenvalue weighted by atomic mass is 10.0. The lowest BCUT2D eigenvalue weighted by Gasteiger charge is -2.28. The number of nitrogens with one attached hydrogen (secondary N) is 3. The Balaban J connectivity index is 2.23. The molecule has 0 saturated carbocycles. The van der Waals surface area contributed by atoms with Crippen LogP contribution in [0.15, 0.2) is 18.2 Å². The van der Waals surface area contributed by atoms with Crippen molar-refractivity contribution in [1.29, 1.82) is 0 Å². The molecule has 0 fully saturated rings. The molecule has 35 heavy (non-hydrogen) atoms. The molecule has 1 amide bonds. The summed E-state index contributed by atoms with van der Waals surface area (Å²) in [6.45, 7) is 2.25. The van der Waals surface area contributed by atoms with Gasteiger partial charge in [-0.05, 0) is 36.8 Å². The fourth-order valence-corrected chi connectivity index (χ4v) is 4.63. The highest BCUT2D eigenvalue weighted by Gasteiger charge is 2.34. The second-order valence-electron chi connectivity index (χ2n) is 8.76. The fourth-order valence-electron chi connectivity index (χ4n) is 3.62. The van der Waals surface area contributed by atoms with E-state index in [2.05, 4.69) is 22.9 Å². The average Bonchev–Trinajstić information content (AvgIpc) is 2.78. The smallest absolute Gasteiger partial charge is 0.228 e. The molecule has 0 heterocycles. The van der Waals surface area contributed by atoms with E-state index in [0.717, 1.165) is 19.3 Å². The third kappa shape index (κ3) is 16.3. The molecule has 0 radical (unpaired) electrons. The lowest BCUT2D eigenvalue weighted by molar-refractivity contribution is -0.122. The Labute approximate surface area is 241 Å². The zero-order valence-electron chi connectivity index (χ0n) is 20.4. The molecule has 0 saturated heterocycles. The van der Waals surface area contributed by atoms with Crippen LogP contribution in [0.25, 0.3) is 0 Å². The van der Waals surface area contributed by atoms with E-state index in [9.17, 15) is 4.79 Å². The van der Waals surface area contributed by atoms with Gasteiger partial charge < -0.3 is 16.0 Å². The predicted octanol–water partition coefficient (Wildman–Crippen LogP) is 9.57. The molecule has 1 aromatic carbocycles. The SMILES string of the molecule is CCCCCCCCCCCCCCCC(=O)N[C@@H](NC(=S)Nc1ccc(Cl)cc1Cl)C(Cl)(Cl)Cl. The van der Waals surface area contributed by atoms with E-state index in [1.54, 1.807) is 18.2 Å². The number of hydrogen-bond acceptors (Lipinski definition) is 2. The maximum absolute atomic E-state index is 12.4. The summed E-state index contributed by atoms with van der Waals surface area (Å²) in [5.74, 6) is -0.204. The first-order valence-electron chi connectivity index (χ1n) is 12.5. The van der Waals surface area contributed by atoms with Crippen molar-refractivity contribution < 1.29 is 4.79 Å². The van der Waals surface area contributed by atoms with Gasteiger partial charge in [-0.1, -0.05) is 142 Å². The van der Waals surface area contributed by atoms with E-state index in [1.807, 2.05) is 0 Å². The number of carbonyl (C=O) groups is 1. The first-order valence-corrected chi connectivity index (χ1v) is 14.8. The topological polar surface area (TPSA) is 53.2 Å². The standard InChI is InChI=1S/C25H38Cl5N3OS/c1-2-3-4-5-6-7-8-9-10-11-12-13-14-15-22(34)32-23(25(28,29)30)33-24(35)31-21-17-16-19(26)18-20(21)27/h16-18,23H,2-15H2,1H3,(H,32,34)(H2,31,33,35)/t23-/m0/s1. The Morgan fingerprint density at radius 1 is 0.857 bits per heavy atom. The third-order valence-electron chi connectivity index (χ3n) is 5.59. The second-order valence-corrected chi connectivity index (χ2v) is 12.4. The lowest BCUT2D eigenvalue weighted by Crippen LogP contribution is -2.56. The summed E-state index contributed by atoms with van der Waals surface area (Å²) in [6, 6.07) is 4.93. The Bertz CT molecular complexity index is 761. The number of amides is 1. The number of unbranched alkanes of at least 4 members (excludes halogenated alkanes) is 12. The Morgan fingerprint density at radius 3 is 1.86 bits per heavy atom. The third-order valence-corrected chi connectivity index (χ3v) is 7.02. The second kappa shape index (κ2) is 19.0. The van der Waals surface area contributed by atoms with Gasteiger partial charge in [0, 0.05) is 11.4 Å². The van der Waals surface area contributed by atoms with Crippen LogP contribution in [-0.4, -0.2) is 21.0 Å². The Kier molecular flexibility index (Phi) is 17.8. The highest BCUT2D eigenvalue weighted by molar-refractivity contribution is 7.80. The minimum absolute atomic E-state index is 0.145. The van der Waals surface area contributed by atoms with Gasteiger partial charge in [0.05, 0.1) is 10.7 Å². The van der Waals surface area contributed by atoms with Crippen LogP contribution < -0.4 is 16.0 Å². The number of benzene rings is 1. The van der Waals surface area contributed by atoms with Crippen LogP contribution in [0.5, 0.6) is 0 Å². The molecular weight excluding hydrogens is 568 g/mol. The van der Waals surface area contributed by atoms with E-state index in [1.165, 1.54) is 64.2 Å². The van der Waals surface area contributed by atoms with Crippen molar-refractivity contribution in [1.82, 2.24) is 10.6 Å². The van der Waals surface area contributed by atoms with Crippen LogP contribution in [0.1, 0.15) is 96.8 Å². The number of thiocarbonyl (C=S) groups is 1. The van der Waals surface area contributed by atoms with Crippen LogP contribution in [-0.2, 0) is 4.79 Å². The number of hydrogen-bond donors (Lipinski definition) is 3. The number of carbonyl (C=O) groups excluding carboxylic acids is 1. The Morgan fingerprint density at radius 2 is 1.37 bits per heavy atom. The Hall–Kier alpha value is -0.170. The van der Waals surface area contributed by atoms with Crippen molar-refractivity contribution in [3.05, 3.63) is 28.2 Å². The summed E-state index contributed by atoms with van der Waals surface area (Å²) in [5.41, 5.74) is 0.537. The first-order chi connectivity index (χ1) is 16.6. The minimum atomic E-state index is -1.80. The van der Waals surface area contributed by atoms with Crippen molar-refractivity contribution >= 4 is 86.9 Å². The normalized spacial score (nSPS) is 12.3. The summed E-state index contributed by atoms with van der Waals surface area (Å²) in [7, 11) is 0. The molecule has 0 unspecified atom stereocenters. The number of halogens is 5. The molecule has 1 rings (SSSR count). The van der Waals surface area contributed by atoms with Gasteiger partial charge in [0.2, 0.25) is 9.70 Å². The van der Waals surface area contributed by atoms with Gasteiger partial charge in [-0.3, -0.25) is 4.79 Å². The van der Waals surface area contributed by atoms with Gasteiger partial charge in [0.25, 0.3) is 0 Å². The van der Waals surface area contributed by atoms with Crippen LogP contribution in [0.4, 0.5) is 5.69 Å². The van der Waals surface area contributed by atoms with Crippen LogP contribution >= 0.6 is 70.2 Å². The van der Waals surface area contributed by atoms with Crippen molar-refractivity contribution in [2.45, 2.75) is 107 Å². The largest absolute Gasteiger partial charge is 0.339 e. The first kappa shape index (κ1) is 32.9. The van der Waals surface area contributed by atoms with E-state index >= 15 is 0 Å². The van der Waals surface area contributed by atoms with Crippen LogP contribution in [0, 0.1) is 0 Å². The van der Waals surface area contributed by atoms with Crippen LogP contribution in [0.3, 0.4) is 0 Å². The summed E-state index contributed by atoms with van der Waals surface area (Å²) in [6.07, 6.45) is 15.6. The predicted molar refractivity (Wildman–Crippen MR) is 158 cm³/mol. The molecule has 3 N–H and O–H groups in total. The molecule has 1 atom stereocenters. The van der Waals surface area contributed by atoms with Gasteiger partial charge >= 0.3 is 0 Å². The maximum atomic E-state index is 12.4. The van der Waals surface area contributed by atoms with E-state index in [4.69, 9.17) is 70.2 Å². The monoisotopic (exact) mass is 603 g/mol. The van der Waals surface area contributed by atoms with Crippen molar-refractivity contribution in [2.24, 2.45) is 0 Å². The molecule has 200 valence electrons. The molecule has 4 nitrogen and oxygen atoms in total. The van der Waals surface area contributed by atoms with E-state index < -0.39 is 9.96 Å². The highest BCUT2D eigenvalue weighted by atomic mass is 35.6. The maximum Gasteiger partial charge on any atom is 0.228 e. The van der Waals surface area contributed by atoms with Gasteiger partial charge in [0.15, 0.2) is 5.11 Å². The fraction of sp³-hybridized carbons (Fsp3) is 0.680. The molecule has 0 aliphatic heterocycles. The zero-order valence-corrected chi connectivity index (χ0v) is 25.0. The minimum Gasteiger partial charge on any atom is -0.339 e. The number of alkyl halides is 3. The molecule has 0 bridgehead atoms. The zero-order chi connectivity index (χ0) is 26.1. The molecule has 0 aromatic heterocycles. The highest BCUT2D eigenvalue weighted by Crippen LogP contribution is 2.30. The average molecular weight is 606 g/mol. The van der Waals surface area contributed by atoms with Gasteiger partial charge in [-0.25, -0.2) is 0 Å². The molecule has 0 spiro atoms.